The average molecular weight is 440 g/mol. The molecule has 32 heavy (non-hydrogen) atoms. The molecule has 8 heteroatoms. The van der Waals surface area contributed by atoms with Crippen LogP contribution in [0.15, 0.2) is 22.1 Å². The van der Waals surface area contributed by atoms with E-state index >= 15 is 0 Å². The molecular formula is C24H30FN5O2. The zero-order valence-electron chi connectivity index (χ0n) is 18.8. The summed E-state index contributed by atoms with van der Waals surface area (Å²) in [6, 6.07) is 0. The summed E-state index contributed by atoms with van der Waals surface area (Å²) in [6.07, 6.45) is 9.53. The average Bonchev–Trinajstić information content (AvgIpc) is 3.38. The molecule has 0 saturated heterocycles. The molecule has 2 aromatic heterocycles. The Hall–Kier alpha value is -2.77. The monoisotopic (exact) mass is 439 g/mol. The first-order valence-electron chi connectivity index (χ1n) is 11.7. The van der Waals surface area contributed by atoms with Crippen LogP contribution >= 0.6 is 0 Å². The number of amides is 1. The van der Waals surface area contributed by atoms with Gasteiger partial charge >= 0.3 is 0 Å². The van der Waals surface area contributed by atoms with Gasteiger partial charge in [-0.15, -0.1) is 0 Å². The maximum absolute atomic E-state index is 13.9. The molecule has 3 heterocycles. The number of aromatic nitrogens is 4. The normalized spacial score (nSPS) is 21.8. The fourth-order valence-corrected chi connectivity index (χ4v) is 4.99. The smallest absolute Gasteiger partial charge is 0.244 e. The topological polar surface area (TPSA) is 77.0 Å². The molecule has 0 N–H and O–H groups in total. The first kappa shape index (κ1) is 21.1. The van der Waals surface area contributed by atoms with Gasteiger partial charge in [0.25, 0.3) is 0 Å². The Labute approximate surface area is 187 Å². The van der Waals surface area contributed by atoms with Crippen molar-refractivity contribution >= 4 is 11.5 Å². The summed E-state index contributed by atoms with van der Waals surface area (Å²) in [6.45, 7) is 4.86. The zero-order valence-corrected chi connectivity index (χ0v) is 18.8. The molecule has 0 spiro atoms. The Bertz CT molecular complexity index is 1080. The second-order valence-corrected chi connectivity index (χ2v) is 9.21. The van der Waals surface area contributed by atoms with Crippen LogP contribution in [0.2, 0.25) is 0 Å². The minimum absolute atomic E-state index is 0.00591. The van der Waals surface area contributed by atoms with E-state index in [1.807, 2.05) is 24.0 Å². The number of allylic oxidation sites excluding steroid dienone is 4. The fraction of sp³-hybridized carbons (Fsp3) is 0.583. The Morgan fingerprint density at radius 3 is 2.81 bits per heavy atom. The summed E-state index contributed by atoms with van der Waals surface area (Å²) in [5.41, 5.74) is 2.50. The predicted molar refractivity (Wildman–Crippen MR) is 117 cm³/mol. The number of alkyl halides is 1. The lowest BCUT2D eigenvalue weighted by molar-refractivity contribution is -0.133. The van der Waals surface area contributed by atoms with E-state index in [1.54, 1.807) is 11.6 Å². The Kier molecular flexibility index (Phi) is 5.69. The van der Waals surface area contributed by atoms with Crippen LogP contribution in [0.5, 0.6) is 0 Å². The number of carbonyl (C=O) groups excluding carboxylic acids is 1. The van der Waals surface area contributed by atoms with Gasteiger partial charge in [-0.05, 0) is 31.4 Å². The first-order chi connectivity index (χ1) is 15.5. The van der Waals surface area contributed by atoms with Crippen LogP contribution in [0, 0.1) is 6.92 Å². The highest BCUT2D eigenvalue weighted by Crippen LogP contribution is 2.33. The summed E-state index contributed by atoms with van der Waals surface area (Å²) in [4.78, 5) is 24.3. The molecule has 1 amide bonds. The molecule has 170 valence electrons. The third-order valence-corrected chi connectivity index (χ3v) is 6.83. The quantitative estimate of drug-likeness (QED) is 0.711. The van der Waals surface area contributed by atoms with E-state index in [-0.39, 0.29) is 12.5 Å². The molecule has 0 bridgehead atoms. The van der Waals surface area contributed by atoms with E-state index in [0.29, 0.717) is 49.1 Å². The number of hydrogen-bond donors (Lipinski definition) is 0. The molecule has 3 aliphatic rings. The number of rotatable bonds is 4. The standard InChI is InChI=1S/C24H30FN5O2/c1-15-12-18(8-9-19(15)25)23-27-24(17-6-4-3-5-7-17)30(28-23)14-22(31)29-11-10-20-21(13-29)32-16(2)26-20/h8,12,17,19H,3-7,9-11,13-14H2,1-2H3. The van der Waals surface area contributed by atoms with Crippen molar-refractivity contribution in [2.75, 3.05) is 6.54 Å². The summed E-state index contributed by atoms with van der Waals surface area (Å²) in [7, 11) is 0. The Morgan fingerprint density at radius 1 is 1.22 bits per heavy atom. The van der Waals surface area contributed by atoms with Gasteiger partial charge in [-0.2, -0.15) is 5.10 Å². The molecular weight excluding hydrogens is 409 g/mol. The van der Waals surface area contributed by atoms with Gasteiger partial charge in [0.15, 0.2) is 11.7 Å². The van der Waals surface area contributed by atoms with Crippen molar-refractivity contribution in [3.63, 3.8) is 0 Å². The van der Waals surface area contributed by atoms with Crippen molar-refractivity contribution in [1.82, 2.24) is 24.6 Å². The molecule has 1 fully saturated rings. The minimum Gasteiger partial charge on any atom is -0.444 e. The van der Waals surface area contributed by atoms with Gasteiger partial charge in [0.1, 0.15) is 24.3 Å². The lowest BCUT2D eigenvalue weighted by Gasteiger charge is -2.26. The third-order valence-electron chi connectivity index (χ3n) is 6.83. The van der Waals surface area contributed by atoms with Gasteiger partial charge in [-0.25, -0.2) is 19.0 Å². The molecule has 5 rings (SSSR count). The van der Waals surface area contributed by atoms with Gasteiger partial charge in [0, 0.05) is 37.8 Å². The highest BCUT2D eigenvalue weighted by Gasteiger charge is 2.29. The van der Waals surface area contributed by atoms with E-state index < -0.39 is 6.17 Å². The molecule has 1 unspecified atom stereocenters. The predicted octanol–water partition coefficient (Wildman–Crippen LogP) is 4.28. The van der Waals surface area contributed by atoms with Crippen molar-refractivity contribution in [3.8, 4) is 0 Å². The highest BCUT2D eigenvalue weighted by molar-refractivity contribution is 5.76. The third kappa shape index (κ3) is 4.14. The summed E-state index contributed by atoms with van der Waals surface area (Å²) in [5.74, 6) is 3.22. The molecule has 0 aromatic carbocycles. The van der Waals surface area contributed by atoms with E-state index in [9.17, 15) is 9.18 Å². The van der Waals surface area contributed by atoms with Crippen LogP contribution in [-0.2, 0) is 24.3 Å². The van der Waals surface area contributed by atoms with E-state index in [1.165, 1.54) is 19.3 Å². The number of halogens is 1. The van der Waals surface area contributed by atoms with Crippen molar-refractivity contribution < 1.29 is 13.6 Å². The molecule has 1 aliphatic heterocycles. The van der Waals surface area contributed by atoms with E-state index in [0.717, 1.165) is 35.7 Å². The molecule has 1 atom stereocenters. The SMILES string of the molecule is CC1=CC(c2nc(C3CCCCC3)n(CC(=O)N3CCc4nc(C)oc4C3)n2)=CCC1F. The summed E-state index contributed by atoms with van der Waals surface area (Å²) < 4.78 is 21.4. The van der Waals surface area contributed by atoms with Crippen LogP contribution in [-0.4, -0.2) is 43.3 Å². The Balaban J connectivity index is 1.39. The second-order valence-electron chi connectivity index (χ2n) is 9.21. The van der Waals surface area contributed by atoms with Gasteiger partial charge in [0.05, 0.1) is 12.2 Å². The largest absolute Gasteiger partial charge is 0.444 e. The number of hydrogen-bond acceptors (Lipinski definition) is 5. The number of aryl methyl sites for hydroxylation is 1. The fourth-order valence-electron chi connectivity index (χ4n) is 4.99. The first-order valence-corrected chi connectivity index (χ1v) is 11.7. The molecule has 7 nitrogen and oxygen atoms in total. The lowest BCUT2D eigenvalue weighted by Crippen LogP contribution is -2.38. The molecule has 2 aliphatic carbocycles. The van der Waals surface area contributed by atoms with Crippen LogP contribution in [0.3, 0.4) is 0 Å². The lowest BCUT2D eigenvalue weighted by atomic mass is 9.88. The van der Waals surface area contributed by atoms with Gasteiger partial charge in [0.2, 0.25) is 5.91 Å². The van der Waals surface area contributed by atoms with Crippen LogP contribution in [0.25, 0.3) is 5.57 Å². The zero-order chi connectivity index (χ0) is 22.2. The van der Waals surface area contributed by atoms with Crippen molar-refractivity contribution in [3.05, 3.63) is 46.7 Å². The van der Waals surface area contributed by atoms with E-state index in [2.05, 4.69) is 4.98 Å². The van der Waals surface area contributed by atoms with E-state index in [4.69, 9.17) is 14.5 Å². The summed E-state index contributed by atoms with van der Waals surface area (Å²) >= 11 is 0. The van der Waals surface area contributed by atoms with Crippen molar-refractivity contribution in [2.24, 2.45) is 0 Å². The van der Waals surface area contributed by atoms with Crippen molar-refractivity contribution in [2.45, 2.75) is 84.0 Å². The number of nitrogens with zero attached hydrogens (tertiary/aromatic N) is 5. The van der Waals surface area contributed by atoms with Gasteiger partial charge in [-0.3, -0.25) is 4.79 Å². The Morgan fingerprint density at radius 2 is 2.03 bits per heavy atom. The maximum atomic E-state index is 13.9. The second kappa shape index (κ2) is 8.64. The highest BCUT2D eigenvalue weighted by atomic mass is 19.1. The van der Waals surface area contributed by atoms with Gasteiger partial charge in [-0.1, -0.05) is 25.3 Å². The van der Waals surface area contributed by atoms with Crippen molar-refractivity contribution in [1.29, 1.82) is 0 Å². The van der Waals surface area contributed by atoms with Crippen LogP contribution < -0.4 is 0 Å². The molecule has 0 radical (unpaired) electrons. The van der Waals surface area contributed by atoms with Gasteiger partial charge < -0.3 is 9.32 Å². The number of fused-ring (bicyclic) bond motifs is 1. The minimum atomic E-state index is -0.941. The number of oxazole rings is 1. The number of carbonyl (C=O) groups is 1. The maximum Gasteiger partial charge on any atom is 0.244 e. The van der Waals surface area contributed by atoms with Crippen LogP contribution in [0.4, 0.5) is 4.39 Å². The molecule has 1 saturated carbocycles. The molecule has 2 aromatic rings. The summed E-state index contributed by atoms with van der Waals surface area (Å²) in [5, 5.41) is 4.74. The van der Waals surface area contributed by atoms with Crippen LogP contribution in [0.1, 0.15) is 80.4 Å².